The van der Waals surface area contributed by atoms with Gasteiger partial charge in [-0.15, -0.1) is 0 Å². The maximum absolute atomic E-state index is 11.7. The first-order chi connectivity index (χ1) is 7.45. The van der Waals surface area contributed by atoms with E-state index >= 15 is 0 Å². The van der Waals surface area contributed by atoms with Crippen LogP contribution < -0.4 is 5.73 Å². The highest BCUT2D eigenvalue weighted by Crippen LogP contribution is 2.26. The van der Waals surface area contributed by atoms with Crippen molar-refractivity contribution >= 4 is 5.97 Å². The van der Waals surface area contributed by atoms with Gasteiger partial charge < -0.3 is 20.1 Å². The summed E-state index contributed by atoms with van der Waals surface area (Å²) in [6.45, 7) is 3.49. The minimum atomic E-state index is -0.561. The van der Waals surface area contributed by atoms with Crippen molar-refractivity contribution in [2.24, 2.45) is 12.8 Å². The Bertz CT molecular complexity index is 410. The predicted molar refractivity (Wildman–Crippen MR) is 60.2 cm³/mol. The van der Waals surface area contributed by atoms with Gasteiger partial charge in [-0.3, -0.25) is 0 Å². The lowest BCUT2D eigenvalue weighted by molar-refractivity contribution is 0.0597. The second-order valence-corrected chi connectivity index (χ2v) is 3.80. The number of ether oxygens (including phenoxy) is 1. The summed E-state index contributed by atoms with van der Waals surface area (Å²) in [5, 5.41) is 9.11. The minimum Gasteiger partial charge on any atom is -0.465 e. The molecule has 5 heteroatoms. The van der Waals surface area contributed by atoms with Crippen LogP contribution in [0.15, 0.2) is 0 Å². The average molecular weight is 226 g/mol. The van der Waals surface area contributed by atoms with Crippen molar-refractivity contribution in [2.45, 2.75) is 19.9 Å². The second-order valence-electron chi connectivity index (χ2n) is 3.80. The molecule has 1 aromatic rings. The van der Waals surface area contributed by atoms with Crippen LogP contribution >= 0.6 is 0 Å². The number of aliphatic hydroxyl groups is 1. The summed E-state index contributed by atoms with van der Waals surface area (Å²) >= 11 is 0. The van der Waals surface area contributed by atoms with Gasteiger partial charge in [0.15, 0.2) is 0 Å². The molecule has 0 saturated heterocycles. The number of hydrogen-bond donors (Lipinski definition) is 2. The van der Waals surface area contributed by atoms with Crippen molar-refractivity contribution in [2.75, 3.05) is 13.7 Å². The summed E-state index contributed by atoms with van der Waals surface area (Å²) in [5.41, 5.74) is 8.59. The smallest absolute Gasteiger partial charge is 0.340 e. The number of hydrogen-bond acceptors (Lipinski definition) is 4. The molecule has 0 amide bonds. The largest absolute Gasteiger partial charge is 0.465 e. The van der Waals surface area contributed by atoms with Crippen molar-refractivity contribution in [3.8, 4) is 0 Å². The molecule has 0 radical (unpaired) electrons. The predicted octanol–water partition coefficient (Wildman–Crippen LogP) is 0.421. The van der Waals surface area contributed by atoms with Crippen LogP contribution in [0.5, 0.6) is 0 Å². The molecule has 3 N–H and O–H groups in total. The number of methoxy groups -OCH3 is 1. The number of nitrogens with zero attached hydrogens (tertiary/aromatic N) is 1. The van der Waals surface area contributed by atoms with E-state index in [9.17, 15) is 4.79 Å². The number of esters is 1. The number of carbonyl (C=O) groups excluding carboxylic acids is 1. The average Bonchev–Trinajstić information content (AvgIpc) is 2.51. The molecule has 5 nitrogen and oxygen atoms in total. The molecule has 1 heterocycles. The Kier molecular flexibility index (Phi) is 3.72. The van der Waals surface area contributed by atoms with E-state index in [1.54, 1.807) is 0 Å². The van der Waals surface area contributed by atoms with Crippen LogP contribution in [0, 0.1) is 13.8 Å². The number of rotatable bonds is 3. The molecule has 0 aliphatic heterocycles. The van der Waals surface area contributed by atoms with Gasteiger partial charge in [0.25, 0.3) is 0 Å². The van der Waals surface area contributed by atoms with Crippen molar-refractivity contribution in [1.82, 2.24) is 4.57 Å². The molecule has 0 aromatic carbocycles. The van der Waals surface area contributed by atoms with Crippen molar-refractivity contribution < 1.29 is 14.6 Å². The lowest BCUT2D eigenvalue weighted by atomic mass is 10.0. The zero-order valence-corrected chi connectivity index (χ0v) is 10.1. The molecule has 0 saturated carbocycles. The highest BCUT2D eigenvalue weighted by Gasteiger charge is 2.25. The van der Waals surface area contributed by atoms with Gasteiger partial charge in [-0.1, -0.05) is 0 Å². The SMILES string of the molecule is COC(=O)c1c([C@@H](N)CO)c(C)n(C)c1C. The Morgan fingerprint density at radius 3 is 2.50 bits per heavy atom. The molecule has 1 rings (SSSR count). The van der Waals surface area contributed by atoms with Crippen molar-refractivity contribution in [3.05, 3.63) is 22.5 Å². The van der Waals surface area contributed by atoms with Gasteiger partial charge >= 0.3 is 5.97 Å². The van der Waals surface area contributed by atoms with Crippen LogP contribution in [0.3, 0.4) is 0 Å². The Morgan fingerprint density at radius 1 is 1.50 bits per heavy atom. The van der Waals surface area contributed by atoms with Crippen LogP contribution in [-0.4, -0.2) is 29.4 Å². The van der Waals surface area contributed by atoms with Gasteiger partial charge in [-0.25, -0.2) is 4.79 Å². The van der Waals surface area contributed by atoms with Crippen LogP contribution in [0.1, 0.15) is 33.4 Å². The molecule has 0 spiro atoms. The maximum Gasteiger partial charge on any atom is 0.340 e. The fraction of sp³-hybridized carbons (Fsp3) is 0.545. The highest BCUT2D eigenvalue weighted by molar-refractivity contribution is 5.93. The molecule has 0 aliphatic carbocycles. The molecule has 1 aromatic heterocycles. The second kappa shape index (κ2) is 4.67. The van der Waals surface area contributed by atoms with Gasteiger partial charge in [0, 0.05) is 24.0 Å². The minimum absolute atomic E-state index is 0.200. The van der Waals surface area contributed by atoms with E-state index in [-0.39, 0.29) is 6.61 Å². The quantitative estimate of drug-likeness (QED) is 0.732. The van der Waals surface area contributed by atoms with Gasteiger partial charge in [0.05, 0.1) is 25.3 Å². The molecule has 16 heavy (non-hydrogen) atoms. The highest BCUT2D eigenvalue weighted by atomic mass is 16.5. The van der Waals surface area contributed by atoms with Gasteiger partial charge in [0.1, 0.15) is 0 Å². The van der Waals surface area contributed by atoms with E-state index in [2.05, 4.69) is 0 Å². The first-order valence-corrected chi connectivity index (χ1v) is 5.06. The summed E-state index contributed by atoms with van der Waals surface area (Å²) in [5.74, 6) is -0.417. The number of nitrogens with two attached hydrogens (primary N) is 1. The van der Waals surface area contributed by atoms with Crippen molar-refractivity contribution in [3.63, 3.8) is 0 Å². The zero-order chi connectivity index (χ0) is 12.5. The number of aliphatic hydroxyl groups excluding tert-OH is 1. The van der Waals surface area contributed by atoms with E-state index in [0.717, 1.165) is 11.4 Å². The molecule has 0 aliphatic rings. The lowest BCUT2D eigenvalue weighted by Gasteiger charge is -2.10. The molecule has 1 atom stereocenters. The maximum atomic E-state index is 11.7. The Balaban J connectivity index is 3.45. The fourth-order valence-electron chi connectivity index (χ4n) is 1.88. The first kappa shape index (κ1) is 12.7. The third-order valence-electron chi connectivity index (χ3n) is 2.98. The van der Waals surface area contributed by atoms with Gasteiger partial charge in [-0.05, 0) is 13.8 Å². The van der Waals surface area contributed by atoms with Gasteiger partial charge in [0.2, 0.25) is 0 Å². The van der Waals surface area contributed by atoms with E-state index in [1.807, 2.05) is 25.5 Å². The van der Waals surface area contributed by atoms with Crippen LogP contribution in [-0.2, 0) is 11.8 Å². The molecule has 0 unspecified atom stereocenters. The third-order valence-corrected chi connectivity index (χ3v) is 2.98. The fourth-order valence-corrected chi connectivity index (χ4v) is 1.88. The third kappa shape index (κ3) is 1.83. The van der Waals surface area contributed by atoms with E-state index in [1.165, 1.54) is 7.11 Å². The first-order valence-electron chi connectivity index (χ1n) is 5.06. The zero-order valence-electron chi connectivity index (χ0n) is 10.1. The summed E-state index contributed by atoms with van der Waals surface area (Å²) in [4.78, 5) is 11.7. The van der Waals surface area contributed by atoms with Crippen LogP contribution in [0.25, 0.3) is 0 Å². The molecule has 90 valence electrons. The molecule has 0 bridgehead atoms. The van der Waals surface area contributed by atoms with E-state index < -0.39 is 12.0 Å². The van der Waals surface area contributed by atoms with E-state index in [0.29, 0.717) is 11.1 Å². The molecular formula is C11H18N2O3. The Labute approximate surface area is 94.8 Å². The van der Waals surface area contributed by atoms with E-state index in [4.69, 9.17) is 15.6 Å². The van der Waals surface area contributed by atoms with Crippen LogP contribution in [0.2, 0.25) is 0 Å². The summed E-state index contributed by atoms with van der Waals surface area (Å²) < 4.78 is 6.60. The standard InChI is InChI=1S/C11H18N2O3/c1-6-9(8(12)5-14)10(11(15)16-4)7(2)13(6)3/h8,14H,5,12H2,1-4H3/t8-/m0/s1. The van der Waals surface area contributed by atoms with Gasteiger partial charge in [-0.2, -0.15) is 0 Å². The summed E-state index contributed by atoms with van der Waals surface area (Å²) in [7, 11) is 3.18. The topological polar surface area (TPSA) is 77.5 Å². The normalized spacial score (nSPS) is 12.6. The number of carbonyl (C=O) groups is 1. The Hall–Kier alpha value is -1.33. The molecule has 0 fully saturated rings. The monoisotopic (exact) mass is 226 g/mol. The Morgan fingerprint density at radius 2 is 2.06 bits per heavy atom. The van der Waals surface area contributed by atoms with Crippen LogP contribution in [0.4, 0.5) is 0 Å². The van der Waals surface area contributed by atoms with Crippen molar-refractivity contribution in [1.29, 1.82) is 0 Å². The lowest BCUT2D eigenvalue weighted by Crippen LogP contribution is -2.19. The molecular weight excluding hydrogens is 208 g/mol. The number of aromatic nitrogens is 1. The summed E-state index contributed by atoms with van der Waals surface area (Å²) in [6.07, 6.45) is 0. The summed E-state index contributed by atoms with van der Waals surface area (Å²) in [6, 6.07) is -0.561.